The summed E-state index contributed by atoms with van der Waals surface area (Å²) >= 11 is 0. The fraction of sp³-hybridized carbons (Fsp3) is 0.387. The summed E-state index contributed by atoms with van der Waals surface area (Å²) in [7, 11) is -0.207. The molecular weight excluding hydrogens is 472 g/mol. The Bertz CT molecular complexity index is 958. The highest BCUT2D eigenvalue weighted by Gasteiger charge is 2.29. The van der Waals surface area contributed by atoms with E-state index >= 15 is 0 Å². The number of rotatable bonds is 13. The quantitative estimate of drug-likeness (QED) is 0.125. The topological polar surface area (TPSA) is 26.3 Å². The molecule has 0 saturated heterocycles. The van der Waals surface area contributed by atoms with Crippen molar-refractivity contribution in [2.24, 2.45) is 0 Å². The van der Waals surface area contributed by atoms with Crippen LogP contribution in [0.4, 0.5) is 0 Å². The van der Waals surface area contributed by atoms with Crippen LogP contribution in [-0.4, -0.2) is 5.97 Å². The van der Waals surface area contributed by atoms with Crippen LogP contribution in [0.3, 0.4) is 0 Å². The molecule has 2 nitrogen and oxygen atoms in total. The molecule has 0 aliphatic heterocycles. The summed E-state index contributed by atoms with van der Waals surface area (Å²) in [6.45, 7) is 6.34. The van der Waals surface area contributed by atoms with Gasteiger partial charge in [0.25, 0.3) is 0 Å². The first-order chi connectivity index (χ1) is 16.6. The number of unbranched alkanes of at least 4 members (excludes halogenated alkanes) is 7. The minimum absolute atomic E-state index is 0. The van der Waals surface area contributed by atoms with Crippen molar-refractivity contribution in [2.45, 2.75) is 93.2 Å². The van der Waals surface area contributed by atoms with E-state index in [4.69, 9.17) is 4.74 Å². The Morgan fingerprint density at radius 3 is 1.63 bits per heavy atom. The number of hydrogen-bond donors (Lipinski definition) is 0. The summed E-state index contributed by atoms with van der Waals surface area (Å²) in [5, 5.41) is 0. The van der Waals surface area contributed by atoms with Crippen LogP contribution in [0, 0.1) is 13.8 Å². The highest BCUT2D eigenvalue weighted by molar-refractivity contribution is 7.97. The maximum Gasteiger partial charge on any atom is 0.311 e. The first kappa shape index (κ1) is 29.0. The Hall–Kier alpha value is -2.23. The van der Waals surface area contributed by atoms with Gasteiger partial charge in [0.1, 0.15) is 5.75 Å². The molecule has 3 aromatic carbocycles. The van der Waals surface area contributed by atoms with Crippen molar-refractivity contribution in [3.8, 4) is 5.75 Å². The Labute approximate surface area is 221 Å². The van der Waals surface area contributed by atoms with Gasteiger partial charge in [-0.2, -0.15) is 0 Å². The first-order valence-corrected chi connectivity index (χ1v) is 14.0. The highest BCUT2D eigenvalue weighted by Crippen LogP contribution is 2.35. The van der Waals surface area contributed by atoms with E-state index < -0.39 is 0 Å². The fourth-order valence-corrected chi connectivity index (χ4v) is 6.54. The van der Waals surface area contributed by atoms with E-state index in [2.05, 4.69) is 79.7 Å². The predicted molar refractivity (Wildman–Crippen MR) is 144 cm³/mol. The molecule has 0 radical (unpaired) electrons. The number of carbonyl (C=O) groups excluding carboxylic acids is 1. The van der Waals surface area contributed by atoms with Crippen molar-refractivity contribution in [2.75, 3.05) is 0 Å². The average molecular weight is 511 g/mol. The first-order valence-electron chi connectivity index (χ1n) is 12.8. The van der Waals surface area contributed by atoms with Gasteiger partial charge < -0.3 is 17.1 Å². The average Bonchev–Trinajstić information content (AvgIpc) is 2.85. The molecule has 0 unspecified atom stereocenters. The van der Waals surface area contributed by atoms with Gasteiger partial charge in [-0.25, -0.2) is 0 Å². The third kappa shape index (κ3) is 9.05. The van der Waals surface area contributed by atoms with Crippen molar-refractivity contribution >= 4 is 16.9 Å². The smallest absolute Gasteiger partial charge is 0.311 e. The number of benzene rings is 3. The van der Waals surface area contributed by atoms with Crippen LogP contribution in [0.1, 0.15) is 75.8 Å². The summed E-state index contributed by atoms with van der Waals surface area (Å²) in [5.74, 6) is 0.605. The molecule has 0 aliphatic carbocycles. The number of hydrogen-bond acceptors (Lipinski definition) is 2. The standard InChI is InChI=1S/C31H39O2S.ClH/c1-4-5-6-7-8-9-10-17-22-30(32)33-31-25(2)23-29(24-26(31)3)34(27-18-13-11-14-19-27)28-20-15-12-16-21-28;/h11-16,18-21,23-24H,4-10,17,22H2,1-3H3;1H/q+1;/p-1. The molecule has 0 aromatic heterocycles. The minimum atomic E-state index is -0.207. The summed E-state index contributed by atoms with van der Waals surface area (Å²) in [4.78, 5) is 16.3. The highest BCUT2D eigenvalue weighted by atomic mass is 35.5. The lowest BCUT2D eigenvalue weighted by atomic mass is 10.1. The maximum absolute atomic E-state index is 12.5. The van der Waals surface area contributed by atoms with Gasteiger partial charge in [-0.15, -0.1) is 0 Å². The Morgan fingerprint density at radius 2 is 1.14 bits per heavy atom. The second-order valence-electron chi connectivity index (χ2n) is 9.02. The van der Waals surface area contributed by atoms with Gasteiger partial charge in [-0.3, -0.25) is 4.79 Å². The minimum Gasteiger partial charge on any atom is -1.00 e. The third-order valence-corrected chi connectivity index (χ3v) is 8.27. The zero-order valence-electron chi connectivity index (χ0n) is 21.4. The molecule has 3 aromatic rings. The number of esters is 1. The van der Waals surface area contributed by atoms with E-state index in [0.717, 1.165) is 29.7 Å². The Morgan fingerprint density at radius 1 is 0.686 bits per heavy atom. The second-order valence-corrected chi connectivity index (χ2v) is 11.0. The zero-order valence-corrected chi connectivity index (χ0v) is 23.0. The molecule has 0 atom stereocenters. The van der Waals surface area contributed by atoms with E-state index in [-0.39, 0.29) is 29.3 Å². The van der Waals surface area contributed by atoms with Crippen LogP contribution >= 0.6 is 0 Å². The van der Waals surface area contributed by atoms with Gasteiger partial charge in [-0.05, 0) is 55.7 Å². The largest absolute Gasteiger partial charge is 1.00 e. The SMILES string of the molecule is CCCCCCCCCCC(=O)Oc1c(C)cc([S+](c2ccccc2)c2ccccc2)cc1C.[Cl-]. The molecule has 35 heavy (non-hydrogen) atoms. The van der Waals surface area contributed by atoms with Gasteiger partial charge in [0.2, 0.25) is 0 Å². The molecule has 0 N–H and O–H groups in total. The van der Waals surface area contributed by atoms with Crippen LogP contribution < -0.4 is 17.1 Å². The number of aryl methyl sites for hydroxylation is 2. The lowest BCUT2D eigenvalue weighted by Gasteiger charge is -2.14. The second kappa shape index (κ2) is 15.7. The van der Waals surface area contributed by atoms with Gasteiger partial charge in [0.05, 0.1) is 10.9 Å². The fourth-order valence-electron chi connectivity index (χ4n) is 4.28. The number of ether oxygens (including phenoxy) is 1. The van der Waals surface area contributed by atoms with Crippen molar-refractivity contribution < 1.29 is 21.9 Å². The van der Waals surface area contributed by atoms with Gasteiger partial charge >= 0.3 is 5.97 Å². The van der Waals surface area contributed by atoms with Crippen LogP contribution in [0.25, 0.3) is 0 Å². The molecule has 3 rings (SSSR count). The van der Waals surface area contributed by atoms with Gasteiger partial charge in [0.15, 0.2) is 14.7 Å². The maximum atomic E-state index is 12.5. The predicted octanol–water partition coefficient (Wildman–Crippen LogP) is 5.84. The molecule has 0 amide bonds. The summed E-state index contributed by atoms with van der Waals surface area (Å²) in [5.41, 5.74) is 2.03. The lowest BCUT2D eigenvalue weighted by Crippen LogP contribution is -3.00. The molecule has 0 heterocycles. The number of halogens is 1. The van der Waals surface area contributed by atoms with Gasteiger partial charge in [-0.1, -0.05) is 88.3 Å². The monoisotopic (exact) mass is 510 g/mol. The molecule has 0 saturated carbocycles. The van der Waals surface area contributed by atoms with E-state index in [1.165, 1.54) is 53.2 Å². The molecule has 4 heteroatoms. The van der Waals surface area contributed by atoms with Crippen molar-refractivity contribution in [3.05, 3.63) is 83.9 Å². The van der Waals surface area contributed by atoms with E-state index in [0.29, 0.717) is 6.42 Å². The van der Waals surface area contributed by atoms with E-state index in [9.17, 15) is 4.79 Å². The van der Waals surface area contributed by atoms with Crippen molar-refractivity contribution in [3.63, 3.8) is 0 Å². The van der Waals surface area contributed by atoms with Crippen molar-refractivity contribution in [1.29, 1.82) is 0 Å². The molecule has 0 aliphatic rings. The normalized spacial score (nSPS) is 10.7. The van der Waals surface area contributed by atoms with Crippen LogP contribution in [0.5, 0.6) is 5.75 Å². The molecule has 0 fully saturated rings. The van der Waals surface area contributed by atoms with Gasteiger partial charge in [0, 0.05) is 18.6 Å². The Balaban J connectivity index is 0.00000432. The zero-order chi connectivity index (χ0) is 24.2. The van der Waals surface area contributed by atoms with Crippen molar-refractivity contribution in [1.82, 2.24) is 0 Å². The third-order valence-electron chi connectivity index (χ3n) is 6.08. The summed E-state index contributed by atoms with van der Waals surface area (Å²) in [6.07, 6.45) is 10.3. The molecule has 188 valence electrons. The molecule has 0 spiro atoms. The molecular formula is C31H39ClO2S. The summed E-state index contributed by atoms with van der Waals surface area (Å²) in [6, 6.07) is 25.7. The van der Waals surface area contributed by atoms with Crippen LogP contribution in [0.2, 0.25) is 0 Å². The summed E-state index contributed by atoms with van der Waals surface area (Å²) < 4.78 is 5.85. The van der Waals surface area contributed by atoms with Crippen LogP contribution in [0.15, 0.2) is 87.5 Å². The van der Waals surface area contributed by atoms with E-state index in [1.807, 2.05) is 13.8 Å². The number of carbonyl (C=O) groups is 1. The lowest BCUT2D eigenvalue weighted by molar-refractivity contribution is -0.134. The van der Waals surface area contributed by atoms with E-state index in [1.54, 1.807) is 0 Å². The Kier molecular flexibility index (Phi) is 13.0. The van der Waals surface area contributed by atoms with Crippen LogP contribution in [-0.2, 0) is 15.7 Å². The molecule has 0 bridgehead atoms.